The molecule has 1 aliphatic rings. The Kier molecular flexibility index (Phi) is 10.9. The minimum atomic E-state index is -1.09. The van der Waals surface area contributed by atoms with Crippen LogP contribution in [0.25, 0.3) is 0 Å². The fourth-order valence-corrected chi connectivity index (χ4v) is 2.00. The van der Waals surface area contributed by atoms with Crippen LogP contribution < -0.4 is 113 Å². The summed E-state index contributed by atoms with van der Waals surface area (Å²) in [5, 5.41) is 30.3. The van der Waals surface area contributed by atoms with Gasteiger partial charge in [0.1, 0.15) is 0 Å². The Balaban J connectivity index is 0. The topological polar surface area (TPSA) is 116 Å². The van der Waals surface area contributed by atoms with E-state index in [9.17, 15) is 15.2 Å². The molecule has 1 aliphatic carbocycles. The molecular formula is C8H14K2N4O3+2. The summed E-state index contributed by atoms with van der Waals surface area (Å²) in [7, 11) is 0. The Bertz CT molecular complexity index is 298. The maximum atomic E-state index is 12.0. The van der Waals surface area contributed by atoms with Crippen LogP contribution in [0.15, 0.2) is 10.2 Å². The normalized spacial score (nSPS) is 33.4. The molecule has 0 bridgehead atoms. The summed E-state index contributed by atoms with van der Waals surface area (Å²) >= 11 is 0. The molecule has 17 heavy (non-hydrogen) atoms. The average Bonchev–Trinajstić information content (AvgIpc) is 2.15. The smallest absolute Gasteiger partial charge is 0.602 e. The number of nitrogens with one attached hydrogen (secondary N) is 2. The van der Waals surface area contributed by atoms with E-state index in [1.54, 1.807) is 13.8 Å². The van der Waals surface area contributed by atoms with Gasteiger partial charge < -0.3 is 10.4 Å². The van der Waals surface area contributed by atoms with Crippen molar-refractivity contribution in [2.24, 2.45) is 10.2 Å². The molecule has 0 aromatic rings. The van der Waals surface area contributed by atoms with Crippen molar-refractivity contribution >= 4 is 5.78 Å². The van der Waals surface area contributed by atoms with Gasteiger partial charge in [0.05, 0.1) is 0 Å². The summed E-state index contributed by atoms with van der Waals surface area (Å²) in [5.41, 5.74) is -2.18. The number of hydrogen-bond acceptors (Lipinski definition) is 5. The molecule has 1 saturated carbocycles. The molecule has 2 atom stereocenters. The third kappa shape index (κ3) is 4.97. The van der Waals surface area contributed by atoms with E-state index in [0.29, 0.717) is 19.3 Å². The van der Waals surface area contributed by atoms with Crippen LogP contribution in [-0.2, 0) is 4.79 Å². The molecular weight excluding hydrogens is 278 g/mol. The summed E-state index contributed by atoms with van der Waals surface area (Å²) < 4.78 is 0. The number of carbonyl (C=O) groups excluding carboxylic acids is 1. The fourth-order valence-electron chi connectivity index (χ4n) is 2.00. The molecule has 84 valence electrons. The van der Waals surface area contributed by atoms with Crippen LogP contribution in [0.1, 0.15) is 33.1 Å². The van der Waals surface area contributed by atoms with Crippen molar-refractivity contribution in [2.75, 3.05) is 0 Å². The zero-order chi connectivity index (χ0) is 11.5. The van der Waals surface area contributed by atoms with E-state index < -0.39 is 11.1 Å². The van der Waals surface area contributed by atoms with E-state index in [4.69, 9.17) is 0 Å². The number of hydrogen-bond donors (Lipinski definition) is 2. The third-order valence-corrected chi connectivity index (χ3v) is 2.89. The van der Waals surface area contributed by atoms with Gasteiger partial charge in [-0.2, -0.15) is 0 Å². The second-order valence-corrected chi connectivity index (χ2v) is 4.14. The van der Waals surface area contributed by atoms with Crippen LogP contribution in [0.5, 0.6) is 0 Å². The molecule has 7 nitrogen and oxygen atoms in total. The first-order valence-electron chi connectivity index (χ1n) is 4.71. The number of carbonyl (C=O) groups is 1. The van der Waals surface area contributed by atoms with Gasteiger partial charge in [-0.25, -0.2) is 0 Å². The Morgan fingerprint density at radius 1 is 1.06 bits per heavy atom. The van der Waals surface area contributed by atoms with Crippen LogP contribution in [0.4, 0.5) is 0 Å². The molecule has 0 aromatic heterocycles. The molecule has 0 unspecified atom stereocenters. The first-order valence-corrected chi connectivity index (χ1v) is 4.71. The Morgan fingerprint density at radius 2 is 1.41 bits per heavy atom. The molecule has 1 fully saturated rings. The van der Waals surface area contributed by atoms with E-state index in [0.717, 1.165) is 0 Å². The molecule has 2 N–H and O–H groups in total. The van der Waals surface area contributed by atoms with E-state index >= 15 is 0 Å². The van der Waals surface area contributed by atoms with Crippen molar-refractivity contribution in [3.63, 3.8) is 0 Å². The van der Waals surface area contributed by atoms with Crippen molar-refractivity contribution in [1.82, 2.24) is 0 Å². The van der Waals surface area contributed by atoms with Gasteiger partial charge in [0.25, 0.3) is 0 Å². The van der Waals surface area contributed by atoms with Crippen molar-refractivity contribution in [3.05, 3.63) is 10.4 Å². The van der Waals surface area contributed by atoms with Gasteiger partial charge in [0, 0.05) is 0 Å². The number of ketones is 1. The van der Waals surface area contributed by atoms with Gasteiger partial charge in [0.15, 0.2) is 16.9 Å². The van der Waals surface area contributed by atoms with Crippen LogP contribution in [-0.4, -0.2) is 16.9 Å². The van der Waals surface area contributed by atoms with Crippen LogP contribution >= 0.6 is 0 Å². The number of rotatable bonds is 2. The summed E-state index contributed by atoms with van der Waals surface area (Å²) in [6.07, 6.45) is 1.67. The largest absolute Gasteiger partial charge is 1.00 e. The van der Waals surface area contributed by atoms with Gasteiger partial charge in [-0.1, -0.05) is 0 Å². The van der Waals surface area contributed by atoms with E-state index in [-0.39, 0.29) is 109 Å². The van der Waals surface area contributed by atoms with Crippen molar-refractivity contribution in [3.8, 4) is 0 Å². The molecule has 0 saturated heterocycles. The summed E-state index contributed by atoms with van der Waals surface area (Å²) in [5.74, 6) is -0.312. The minimum absolute atomic E-state index is 0. The van der Waals surface area contributed by atoms with Crippen molar-refractivity contribution in [2.45, 2.75) is 44.2 Å². The molecule has 1 rings (SSSR count). The predicted molar refractivity (Wildman–Crippen MR) is 49.2 cm³/mol. The Labute approximate surface area is 185 Å². The molecule has 0 heterocycles. The standard InChI is InChI=1S/C8H14N4O3.2K/c1-7(9-11-14)4-3-5-8(2,6(7)13)10-12-15;;/h11-12H,3-5H2,1-2H3;;/q;2*+1/t7-,8+;;. The molecule has 0 aromatic carbocycles. The average molecular weight is 292 g/mol. The summed E-state index contributed by atoms with van der Waals surface area (Å²) in [4.78, 5) is 12.0. The van der Waals surface area contributed by atoms with Gasteiger partial charge in [-0.05, 0) is 43.3 Å². The van der Waals surface area contributed by atoms with Gasteiger partial charge in [-0.3, -0.25) is 4.79 Å². The number of nitrogens with zero attached hydrogens (tertiary/aromatic N) is 2. The van der Waals surface area contributed by atoms with Crippen LogP contribution in [0, 0.1) is 10.4 Å². The van der Waals surface area contributed by atoms with E-state index in [1.165, 1.54) is 10.6 Å². The van der Waals surface area contributed by atoms with Crippen molar-refractivity contribution < 1.29 is 118 Å². The van der Waals surface area contributed by atoms with Gasteiger partial charge in [-0.15, -0.1) is 10.6 Å². The molecule has 0 spiro atoms. The maximum Gasteiger partial charge on any atom is 1.00 e. The third-order valence-electron chi connectivity index (χ3n) is 2.89. The van der Waals surface area contributed by atoms with Crippen LogP contribution in [0.3, 0.4) is 0 Å². The zero-order valence-corrected chi connectivity index (χ0v) is 17.0. The molecule has 0 aliphatic heterocycles. The SMILES string of the molecule is C[C@@]1(N=[NH+][O-])CCC[C@](C)(N=[NH+][O-])C1=O.[K+].[K+]. The Morgan fingerprint density at radius 3 is 1.71 bits per heavy atom. The van der Waals surface area contributed by atoms with Crippen LogP contribution in [0.2, 0.25) is 0 Å². The first-order chi connectivity index (χ1) is 6.98. The predicted octanol–water partition coefficient (Wildman–Crippen LogP) is -7.67. The van der Waals surface area contributed by atoms with Gasteiger partial charge >= 0.3 is 103 Å². The second-order valence-electron chi connectivity index (χ2n) is 4.14. The first kappa shape index (κ1) is 21.0. The monoisotopic (exact) mass is 292 g/mol. The molecule has 0 radical (unpaired) electrons. The zero-order valence-electron chi connectivity index (χ0n) is 10.7. The minimum Gasteiger partial charge on any atom is -0.602 e. The maximum absolute atomic E-state index is 12.0. The quantitative estimate of drug-likeness (QED) is 0.299. The molecule has 9 heteroatoms. The second kappa shape index (κ2) is 8.82. The summed E-state index contributed by atoms with van der Waals surface area (Å²) in [6.45, 7) is 3.13. The molecule has 0 amide bonds. The number of Topliss-reactive ketones (excluding diaryl/α,β-unsaturated/α-hetero) is 1. The van der Waals surface area contributed by atoms with Crippen molar-refractivity contribution in [1.29, 1.82) is 0 Å². The van der Waals surface area contributed by atoms with E-state index in [1.807, 2.05) is 0 Å². The summed E-state index contributed by atoms with van der Waals surface area (Å²) in [6, 6.07) is 0. The Hall–Kier alpha value is 1.74. The fraction of sp³-hybridized carbons (Fsp3) is 0.875. The van der Waals surface area contributed by atoms with E-state index in [2.05, 4.69) is 10.2 Å². The van der Waals surface area contributed by atoms with Gasteiger partial charge in [0.2, 0.25) is 0 Å².